The van der Waals surface area contributed by atoms with Gasteiger partial charge in [0, 0.05) is 0 Å². The second-order valence-electron chi connectivity index (χ2n) is 4.07. The molecule has 2 rings (SSSR count). The van der Waals surface area contributed by atoms with Crippen LogP contribution < -0.4 is 0 Å². The Hall–Kier alpha value is -1.81. The van der Waals surface area contributed by atoms with Crippen LogP contribution in [0.3, 0.4) is 0 Å². The van der Waals surface area contributed by atoms with Crippen LogP contribution in [-0.2, 0) is 5.92 Å². The quantitative estimate of drug-likeness (QED) is 0.403. The second-order valence-corrected chi connectivity index (χ2v) is 4.07. The van der Waals surface area contributed by atoms with Crippen LogP contribution in [0.1, 0.15) is 15.9 Å². The number of fused-ring (bicyclic) bond motifs is 1. The zero-order valence-corrected chi connectivity index (χ0v) is 9.19. The highest BCUT2D eigenvalue weighted by Gasteiger charge is 2.81. The average Bonchev–Trinajstić information content (AvgIpc) is 2.52. The van der Waals surface area contributed by atoms with Gasteiger partial charge in [-0.2, -0.15) is 22.0 Å². The topological polar surface area (TPSA) is 17.1 Å². The van der Waals surface area contributed by atoms with Gasteiger partial charge >= 0.3 is 17.8 Å². The van der Waals surface area contributed by atoms with Crippen LogP contribution >= 0.6 is 0 Å². The monoisotopic (exact) mass is 326 g/mol. The Kier molecular flexibility index (Phi) is 2.88. The van der Waals surface area contributed by atoms with E-state index in [2.05, 4.69) is 0 Å². The molecule has 0 heterocycles. The molecule has 1 aromatic carbocycles. The van der Waals surface area contributed by atoms with E-state index < -0.39 is 57.9 Å². The summed E-state index contributed by atoms with van der Waals surface area (Å²) in [7, 11) is 0. The number of hydrogen-bond acceptors (Lipinski definition) is 1. The number of benzene rings is 1. The molecule has 0 aliphatic heterocycles. The third kappa shape index (κ3) is 1.51. The van der Waals surface area contributed by atoms with Crippen LogP contribution in [0.2, 0.25) is 0 Å². The Labute approximate surface area is 108 Å². The highest BCUT2D eigenvalue weighted by Crippen LogP contribution is 2.59. The summed E-state index contributed by atoms with van der Waals surface area (Å²) in [5.41, 5.74) is -11.3. The summed E-state index contributed by atoms with van der Waals surface area (Å²) >= 11 is 0. The highest BCUT2D eigenvalue weighted by atomic mass is 19.4. The van der Waals surface area contributed by atoms with Gasteiger partial charge in [-0.25, -0.2) is 22.0 Å². The maximum absolute atomic E-state index is 13.6. The second kappa shape index (κ2) is 3.89. The molecule has 1 unspecified atom stereocenters. The van der Waals surface area contributed by atoms with E-state index in [0.29, 0.717) is 0 Å². The minimum Gasteiger partial charge on any atom is -0.290 e. The molecule has 1 aliphatic rings. The van der Waals surface area contributed by atoms with E-state index in [1.165, 1.54) is 0 Å². The molecule has 11 heteroatoms. The van der Waals surface area contributed by atoms with E-state index in [9.17, 15) is 48.7 Å². The summed E-state index contributed by atoms with van der Waals surface area (Å²) in [4.78, 5) is 11.1. The molecule has 1 nitrogen and oxygen atoms in total. The van der Waals surface area contributed by atoms with Crippen LogP contribution in [0.4, 0.5) is 43.9 Å². The lowest BCUT2D eigenvalue weighted by atomic mass is 9.97. The molecular formula is C10F10O. The number of alkyl halides is 6. The Morgan fingerprint density at radius 1 is 0.762 bits per heavy atom. The van der Waals surface area contributed by atoms with Gasteiger partial charge in [-0.3, -0.25) is 4.79 Å². The first kappa shape index (κ1) is 15.6. The number of hydrogen-bond donors (Lipinski definition) is 0. The van der Waals surface area contributed by atoms with Gasteiger partial charge < -0.3 is 0 Å². The zero-order valence-electron chi connectivity index (χ0n) is 9.19. The summed E-state index contributed by atoms with van der Waals surface area (Å²) in [5, 5.41) is 0. The SMILES string of the molecule is O=C1c2c(F)c(F)c(F)c(F)c2C(F)(F)C1(F)C(F)(F)F. The smallest absolute Gasteiger partial charge is 0.290 e. The zero-order chi connectivity index (χ0) is 16.5. The van der Waals surface area contributed by atoms with Crippen molar-refractivity contribution in [1.82, 2.24) is 0 Å². The first-order valence-corrected chi connectivity index (χ1v) is 4.84. The minimum absolute atomic E-state index is 2.50. The van der Waals surface area contributed by atoms with Crippen molar-refractivity contribution >= 4 is 5.78 Å². The molecule has 0 fully saturated rings. The van der Waals surface area contributed by atoms with Gasteiger partial charge in [0.15, 0.2) is 23.3 Å². The van der Waals surface area contributed by atoms with Gasteiger partial charge in [0.25, 0.3) is 0 Å². The molecule has 0 aromatic heterocycles. The molecule has 116 valence electrons. The molecule has 0 spiro atoms. The number of ketones is 1. The molecule has 0 amide bonds. The largest absolute Gasteiger partial charge is 0.436 e. The van der Waals surface area contributed by atoms with Crippen molar-refractivity contribution in [2.45, 2.75) is 17.8 Å². The molecule has 0 saturated carbocycles. The standard InChI is InChI=1S/C10F10O/c11-3-1-2(4(12)6(14)5(3)13)9(16,17)8(15,7(1)21)10(18,19)20. The van der Waals surface area contributed by atoms with E-state index in [1.54, 1.807) is 0 Å². The number of carbonyl (C=O) groups excluding carboxylic acids is 1. The Morgan fingerprint density at radius 2 is 1.19 bits per heavy atom. The van der Waals surface area contributed by atoms with Crippen LogP contribution in [0.15, 0.2) is 0 Å². The lowest BCUT2D eigenvalue weighted by Gasteiger charge is -2.27. The average molecular weight is 326 g/mol. The van der Waals surface area contributed by atoms with Crippen LogP contribution in [-0.4, -0.2) is 17.6 Å². The maximum atomic E-state index is 13.6. The fourth-order valence-corrected chi connectivity index (χ4v) is 1.93. The summed E-state index contributed by atoms with van der Waals surface area (Å²) in [6.07, 6.45) is -6.57. The molecular weight excluding hydrogens is 326 g/mol. The molecule has 0 saturated heterocycles. The fraction of sp³-hybridized carbons (Fsp3) is 0.300. The Morgan fingerprint density at radius 3 is 1.62 bits per heavy atom. The third-order valence-corrected chi connectivity index (χ3v) is 2.94. The highest BCUT2D eigenvalue weighted by molar-refractivity contribution is 6.09. The number of rotatable bonds is 0. The molecule has 0 N–H and O–H groups in total. The summed E-state index contributed by atoms with van der Waals surface area (Å²) in [5.74, 6) is -20.7. The number of halogens is 10. The molecule has 1 aliphatic carbocycles. The number of carbonyl (C=O) groups is 1. The van der Waals surface area contributed by atoms with Crippen LogP contribution in [0, 0.1) is 23.3 Å². The van der Waals surface area contributed by atoms with E-state index >= 15 is 0 Å². The maximum Gasteiger partial charge on any atom is 0.436 e. The van der Waals surface area contributed by atoms with E-state index in [4.69, 9.17) is 0 Å². The summed E-state index contributed by atoms with van der Waals surface area (Å²) < 4.78 is 130. The van der Waals surface area contributed by atoms with Crippen molar-refractivity contribution < 1.29 is 48.7 Å². The Balaban J connectivity index is 2.98. The van der Waals surface area contributed by atoms with Crippen molar-refractivity contribution in [3.05, 3.63) is 34.4 Å². The molecule has 1 atom stereocenters. The van der Waals surface area contributed by atoms with E-state index in [1.807, 2.05) is 0 Å². The van der Waals surface area contributed by atoms with E-state index in [-0.39, 0.29) is 0 Å². The lowest BCUT2D eigenvalue weighted by Crippen LogP contribution is -2.55. The molecule has 0 bridgehead atoms. The predicted octanol–water partition coefficient (Wildman–Crippen LogP) is 3.80. The molecule has 21 heavy (non-hydrogen) atoms. The van der Waals surface area contributed by atoms with Gasteiger partial charge in [0.1, 0.15) is 0 Å². The molecule has 0 radical (unpaired) electrons. The van der Waals surface area contributed by atoms with Crippen molar-refractivity contribution in [2.75, 3.05) is 0 Å². The van der Waals surface area contributed by atoms with Crippen molar-refractivity contribution in [3.63, 3.8) is 0 Å². The summed E-state index contributed by atoms with van der Waals surface area (Å²) in [6, 6.07) is 0. The first-order valence-electron chi connectivity index (χ1n) is 4.84. The van der Waals surface area contributed by atoms with Crippen molar-refractivity contribution in [1.29, 1.82) is 0 Å². The fourth-order valence-electron chi connectivity index (χ4n) is 1.93. The first-order chi connectivity index (χ1) is 9.30. The van der Waals surface area contributed by atoms with Gasteiger partial charge in [-0.05, 0) is 0 Å². The van der Waals surface area contributed by atoms with E-state index in [0.717, 1.165) is 0 Å². The number of Topliss-reactive ketones (excluding diaryl/α,β-unsaturated/α-hetero) is 1. The minimum atomic E-state index is -6.57. The third-order valence-electron chi connectivity index (χ3n) is 2.94. The lowest BCUT2D eigenvalue weighted by molar-refractivity contribution is -0.279. The van der Waals surface area contributed by atoms with Gasteiger partial charge in [0.05, 0.1) is 11.1 Å². The predicted molar refractivity (Wildman–Crippen MR) is 44.4 cm³/mol. The summed E-state index contributed by atoms with van der Waals surface area (Å²) in [6.45, 7) is 0. The van der Waals surface area contributed by atoms with Crippen LogP contribution in [0.25, 0.3) is 0 Å². The van der Waals surface area contributed by atoms with Crippen LogP contribution in [0.5, 0.6) is 0 Å². The van der Waals surface area contributed by atoms with Gasteiger partial charge in [-0.15, -0.1) is 0 Å². The van der Waals surface area contributed by atoms with Crippen molar-refractivity contribution in [2.24, 2.45) is 0 Å². The van der Waals surface area contributed by atoms with Gasteiger partial charge in [0.2, 0.25) is 5.78 Å². The Bertz CT molecular complexity index is 661. The van der Waals surface area contributed by atoms with Crippen molar-refractivity contribution in [3.8, 4) is 0 Å². The molecule has 1 aromatic rings. The van der Waals surface area contributed by atoms with Gasteiger partial charge in [-0.1, -0.05) is 0 Å². The normalized spacial score (nSPS) is 24.4.